The number of ether oxygens (including phenoxy) is 1. The lowest BCUT2D eigenvalue weighted by Gasteiger charge is -2.21. The molecule has 0 spiro atoms. The number of nitrogens with zero attached hydrogens (tertiary/aromatic N) is 1. The Hall–Kier alpha value is -2.49. The number of amides is 1. The summed E-state index contributed by atoms with van der Waals surface area (Å²) in [6, 6.07) is 12.7. The van der Waals surface area contributed by atoms with Gasteiger partial charge in [0.15, 0.2) is 0 Å². The van der Waals surface area contributed by atoms with Gasteiger partial charge in [0.2, 0.25) is 0 Å². The van der Waals surface area contributed by atoms with Gasteiger partial charge < -0.3 is 15.4 Å². The van der Waals surface area contributed by atoms with Crippen molar-refractivity contribution in [1.29, 1.82) is 0 Å². The number of para-hydroxylation sites is 2. The maximum Gasteiger partial charge on any atom is 0.258 e. The van der Waals surface area contributed by atoms with Gasteiger partial charge in [-0.3, -0.25) is 4.79 Å². The number of carbonyl (C=O) groups excluding carboxylic acids is 1. The Morgan fingerprint density at radius 3 is 2.60 bits per heavy atom. The van der Waals surface area contributed by atoms with Gasteiger partial charge in [0.1, 0.15) is 5.75 Å². The van der Waals surface area contributed by atoms with Crippen molar-refractivity contribution >= 4 is 17.3 Å². The summed E-state index contributed by atoms with van der Waals surface area (Å²) in [6.07, 6.45) is 0. The van der Waals surface area contributed by atoms with Crippen molar-refractivity contribution in [3.8, 4) is 5.75 Å². The van der Waals surface area contributed by atoms with E-state index < -0.39 is 0 Å². The lowest BCUT2D eigenvalue weighted by Crippen LogP contribution is -2.27. The van der Waals surface area contributed by atoms with E-state index in [0.717, 1.165) is 11.3 Å². The molecule has 0 unspecified atom stereocenters. The third-order valence-electron chi connectivity index (χ3n) is 3.24. The maximum absolute atomic E-state index is 12.6. The lowest BCUT2D eigenvalue weighted by atomic mass is 10.1. The average Bonchev–Trinajstić information content (AvgIpc) is 2.48. The summed E-state index contributed by atoms with van der Waals surface area (Å²) in [5.41, 5.74) is 8.56. The van der Waals surface area contributed by atoms with Crippen LogP contribution in [-0.2, 0) is 0 Å². The Morgan fingerprint density at radius 2 is 1.90 bits per heavy atom. The smallest absolute Gasteiger partial charge is 0.258 e. The number of rotatable bonds is 3. The molecule has 0 radical (unpaired) electrons. The van der Waals surface area contributed by atoms with Crippen molar-refractivity contribution in [2.24, 2.45) is 0 Å². The minimum Gasteiger partial charge on any atom is -0.495 e. The van der Waals surface area contributed by atoms with E-state index in [9.17, 15) is 4.79 Å². The van der Waals surface area contributed by atoms with Crippen molar-refractivity contribution in [2.45, 2.75) is 6.92 Å². The summed E-state index contributed by atoms with van der Waals surface area (Å²) in [7, 11) is 3.31. The predicted molar refractivity (Wildman–Crippen MR) is 81.3 cm³/mol. The second-order valence-corrected chi connectivity index (χ2v) is 4.61. The van der Waals surface area contributed by atoms with Crippen LogP contribution in [0.4, 0.5) is 11.4 Å². The van der Waals surface area contributed by atoms with Crippen molar-refractivity contribution in [1.82, 2.24) is 0 Å². The normalized spacial score (nSPS) is 10.2. The summed E-state index contributed by atoms with van der Waals surface area (Å²) in [6.45, 7) is 1.89. The summed E-state index contributed by atoms with van der Waals surface area (Å²) >= 11 is 0. The Balaban J connectivity index is 2.40. The Bertz CT molecular complexity index is 638. The molecule has 20 heavy (non-hydrogen) atoms. The van der Waals surface area contributed by atoms with Crippen LogP contribution in [0.3, 0.4) is 0 Å². The first-order valence-electron chi connectivity index (χ1n) is 6.31. The van der Waals surface area contributed by atoms with E-state index in [2.05, 4.69) is 0 Å². The topological polar surface area (TPSA) is 55.6 Å². The molecule has 0 heterocycles. The lowest BCUT2D eigenvalue weighted by molar-refractivity contribution is 0.0992. The average molecular weight is 270 g/mol. The molecule has 1 amide bonds. The molecule has 104 valence electrons. The zero-order valence-electron chi connectivity index (χ0n) is 11.9. The third-order valence-corrected chi connectivity index (χ3v) is 3.24. The molecule has 0 aromatic heterocycles. The van der Waals surface area contributed by atoms with Gasteiger partial charge >= 0.3 is 0 Å². The monoisotopic (exact) mass is 270 g/mol. The molecule has 0 bridgehead atoms. The summed E-state index contributed by atoms with van der Waals surface area (Å²) in [5.74, 6) is 0.546. The van der Waals surface area contributed by atoms with Crippen LogP contribution in [0.2, 0.25) is 0 Å². The van der Waals surface area contributed by atoms with E-state index in [1.165, 1.54) is 0 Å². The largest absolute Gasteiger partial charge is 0.495 e. The molecule has 2 aromatic rings. The van der Waals surface area contributed by atoms with Crippen LogP contribution in [0.5, 0.6) is 5.75 Å². The van der Waals surface area contributed by atoms with Crippen LogP contribution in [-0.4, -0.2) is 20.1 Å². The number of carbonyl (C=O) groups is 1. The first-order valence-corrected chi connectivity index (χ1v) is 6.31. The van der Waals surface area contributed by atoms with E-state index >= 15 is 0 Å². The Kier molecular flexibility index (Phi) is 3.94. The molecular weight excluding hydrogens is 252 g/mol. The predicted octanol–water partition coefficient (Wildman–Crippen LogP) is 2.86. The van der Waals surface area contributed by atoms with Gasteiger partial charge in [-0.05, 0) is 36.8 Å². The highest BCUT2D eigenvalue weighted by Gasteiger charge is 2.18. The van der Waals surface area contributed by atoms with Crippen LogP contribution in [0.15, 0.2) is 42.5 Å². The van der Waals surface area contributed by atoms with Crippen LogP contribution >= 0.6 is 0 Å². The quantitative estimate of drug-likeness (QED) is 0.872. The van der Waals surface area contributed by atoms with Crippen molar-refractivity contribution in [3.05, 3.63) is 53.6 Å². The summed E-state index contributed by atoms with van der Waals surface area (Å²) < 4.78 is 5.29. The first kappa shape index (κ1) is 13.9. The second-order valence-electron chi connectivity index (χ2n) is 4.61. The molecule has 0 aliphatic rings. The van der Waals surface area contributed by atoms with E-state index in [-0.39, 0.29) is 5.91 Å². The van der Waals surface area contributed by atoms with Gasteiger partial charge in [0, 0.05) is 18.3 Å². The molecule has 0 saturated carbocycles. The van der Waals surface area contributed by atoms with E-state index in [1.54, 1.807) is 31.2 Å². The zero-order chi connectivity index (χ0) is 14.7. The molecule has 0 aliphatic heterocycles. The molecule has 4 heteroatoms. The molecule has 0 fully saturated rings. The van der Waals surface area contributed by atoms with Crippen LogP contribution in [0.25, 0.3) is 0 Å². The number of benzene rings is 2. The number of methoxy groups -OCH3 is 1. The van der Waals surface area contributed by atoms with Crippen molar-refractivity contribution in [3.63, 3.8) is 0 Å². The minimum atomic E-state index is -0.112. The molecule has 2 N–H and O–H groups in total. The third kappa shape index (κ3) is 2.59. The second kappa shape index (κ2) is 5.65. The number of hydrogen-bond acceptors (Lipinski definition) is 3. The van der Waals surface area contributed by atoms with Gasteiger partial charge in [-0.2, -0.15) is 0 Å². The molecule has 0 saturated heterocycles. The number of nitrogens with two attached hydrogens (primary N) is 1. The van der Waals surface area contributed by atoms with Gasteiger partial charge in [-0.15, -0.1) is 0 Å². The highest BCUT2D eigenvalue weighted by molar-refractivity contribution is 6.07. The van der Waals surface area contributed by atoms with E-state index in [0.29, 0.717) is 17.0 Å². The fourth-order valence-corrected chi connectivity index (χ4v) is 2.07. The van der Waals surface area contributed by atoms with Gasteiger partial charge in [-0.25, -0.2) is 0 Å². The molecule has 4 nitrogen and oxygen atoms in total. The highest BCUT2D eigenvalue weighted by atomic mass is 16.5. The minimum absolute atomic E-state index is 0.112. The van der Waals surface area contributed by atoms with Crippen LogP contribution < -0.4 is 15.4 Å². The fraction of sp³-hybridized carbons (Fsp3) is 0.188. The fourth-order valence-electron chi connectivity index (χ4n) is 2.07. The van der Waals surface area contributed by atoms with Crippen molar-refractivity contribution < 1.29 is 9.53 Å². The van der Waals surface area contributed by atoms with E-state index in [4.69, 9.17) is 10.5 Å². The molecule has 0 atom stereocenters. The zero-order valence-corrected chi connectivity index (χ0v) is 11.9. The van der Waals surface area contributed by atoms with Crippen LogP contribution in [0, 0.1) is 6.92 Å². The molecule has 2 rings (SSSR count). The van der Waals surface area contributed by atoms with Gasteiger partial charge in [0.25, 0.3) is 5.91 Å². The number of hydrogen-bond donors (Lipinski definition) is 1. The maximum atomic E-state index is 12.6. The summed E-state index contributed by atoms with van der Waals surface area (Å²) in [4.78, 5) is 14.2. The highest BCUT2D eigenvalue weighted by Crippen LogP contribution is 2.28. The Morgan fingerprint density at radius 1 is 1.20 bits per heavy atom. The number of aryl methyl sites for hydroxylation is 1. The Labute approximate surface area is 118 Å². The SMILES string of the molecule is COc1ccccc1N(C)C(=O)c1cc(N)ccc1C. The van der Waals surface area contributed by atoms with Gasteiger partial charge in [0.05, 0.1) is 12.8 Å². The van der Waals surface area contributed by atoms with Gasteiger partial charge in [-0.1, -0.05) is 18.2 Å². The molecule has 2 aromatic carbocycles. The molecule has 0 aliphatic carbocycles. The molecular formula is C16H18N2O2. The first-order chi connectivity index (χ1) is 9.54. The van der Waals surface area contributed by atoms with Crippen molar-refractivity contribution in [2.75, 3.05) is 24.8 Å². The van der Waals surface area contributed by atoms with Crippen LogP contribution in [0.1, 0.15) is 15.9 Å². The standard InChI is InChI=1S/C16H18N2O2/c1-11-8-9-12(17)10-13(11)16(19)18(2)14-6-4-5-7-15(14)20-3/h4-10H,17H2,1-3H3. The number of nitrogen functional groups attached to an aromatic ring is 1. The summed E-state index contributed by atoms with van der Waals surface area (Å²) in [5, 5.41) is 0. The number of anilines is 2. The van der Waals surface area contributed by atoms with E-state index in [1.807, 2.05) is 37.3 Å².